The molecule has 0 aliphatic heterocycles. The summed E-state index contributed by atoms with van der Waals surface area (Å²) in [7, 11) is 0. The molecule has 0 saturated heterocycles. The van der Waals surface area contributed by atoms with E-state index < -0.39 is 5.60 Å². The second-order valence-corrected chi connectivity index (χ2v) is 3.71. The van der Waals surface area contributed by atoms with Gasteiger partial charge in [0.1, 0.15) is 5.84 Å². The quantitative estimate of drug-likeness (QED) is 0.160. The maximum absolute atomic E-state index is 9.41. The second kappa shape index (κ2) is 5.79. The van der Waals surface area contributed by atoms with Gasteiger partial charge >= 0.3 is 0 Å². The minimum absolute atomic E-state index is 0.116. The van der Waals surface area contributed by atoms with E-state index in [1.165, 1.54) is 6.92 Å². The van der Waals surface area contributed by atoms with Crippen LogP contribution in [0.4, 0.5) is 0 Å². The number of rotatable bonds is 6. The molecule has 0 amide bonds. The number of nitrogens with one attached hydrogen (secondary N) is 1. The van der Waals surface area contributed by atoms with Crippen molar-refractivity contribution in [2.75, 3.05) is 19.7 Å². The molecule has 0 aliphatic carbocycles. The van der Waals surface area contributed by atoms with Gasteiger partial charge in [-0.3, -0.25) is 0 Å². The van der Waals surface area contributed by atoms with Crippen molar-refractivity contribution in [1.29, 1.82) is 0 Å². The molecule has 2 atom stereocenters. The van der Waals surface area contributed by atoms with Gasteiger partial charge in [-0.25, -0.2) is 0 Å². The highest BCUT2D eigenvalue weighted by molar-refractivity contribution is 5.82. The maximum Gasteiger partial charge on any atom is 0.143 e. The van der Waals surface area contributed by atoms with Crippen LogP contribution in [0.2, 0.25) is 0 Å². The molecule has 14 heavy (non-hydrogen) atoms. The molecule has 0 aromatic heterocycles. The highest BCUT2D eigenvalue weighted by atomic mass is 16.4. The Balaban J connectivity index is 3.75. The monoisotopic (exact) mass is 205 g/mol. The van der Waals surface area contributed by atoms with E-state index in [4.69, 9.17) is 16.0 Å². The summed E-state index contributed by atoms with van der Waals surface area (Å²) < 4.78 is 0. The number of hydrogen-bond donors (Lipinski definition) is 5. The van der Waals surface area contributed by atoms with Crippen LogP contribution >= 0.6 is 0 Å². The van der Waals surface area contributed by atoms with Crippen molar-refractivity contribution < 1.29 is 15.4 Å². The summed E-state index contributed by atoms with van der Waals surface area (Å²) in [6.45, 7) is 3.74. The van der Waals surface area contributed by atoms with Crippen molar-refractivity contribution >= 4 is 5.84 Å². The fourth-order valence-electron chi connectivity index (χ4n) is 0.817. The predicted octanol–water partition coefficient (Wildman–Crippen LogP) is -1.30. The Morgan fingerprint density at radius 3 is 2.64 bits per heavy atom. The van der Waals surface area contributed by atoms with Crippen molar-refractivity contribution in [3.63, 3.8) is 0 Å². The lowest BCUT2D eigenvalue weighted by Crippen LogP contribution is -2.43. The van der Waals surface area contributed by atoms with Crippen molar-refractivity contribution in [3.05, 3.63) is 0 Å². The molecule has 0 aliphatic rings. The molecule has 0 heterocycles. The number of amidine groups is 1. The van der Waals surface area contributed by atoms with E-state index in [1.54, 1.807) is 6.92 Å². The van der Waals surface area contributed by atoms with E-state index in [0.717, 1.165) is 0 Å². The third-order valence-electron chi connectivity index (χ3n) is 1.92. The van der Waals surface area contributed by atoms with Gasteiger partial charge in [0.05, 0.1) is 12.2 Å². The zero-order valence-electron chi connectivity index (χ0n) is 8.56. The third kappa shape index (κ3) is 5.00. The summed E-state index contributed by atoms with van der Waals surface area (Å²) in [6, 6.07) is 0. The van der Waals surface area contributed by atoms with Crippen molar-refractivity contribution in [3.8, 4) is 0 Å². The normalized spacial score (nSPS) is 19.0. The summed E-state index contributed by atoms with van der Waals surface area (Å²) in [5.74, 6) is 0.0237. The van der Waals surface area contributed by atoms with Gasteiger partial charge in [-0.1, -0.05) is 12.1 Å². The molecule has 0 radical (unpaired) electrons. The Morgan fingerprint density at radius 1 is 1.64 bits per heavy atom. The molecule has 2 unspecified atom stereocenters. The van der Waals surface area contributed by atoms with Crippen molar-refractivity contribution in [2.45, 2.75) is 19.4 Å². The fourth-order valence-corrected chi connectivity index (χ4v) is 0.817. The molecule has 0 saturated carbocycles. The molecule has 0 aromatic rings. The van der Waals surface area contributed by atoms with E-state index in [2.05, 4.69) is 10.5 Å². The molecule has 0 rings (SSSR count). The molecule has 6 heteroatoms. The molecule has 0 bridgehead atoms. The minimum Gasteiger partial charge on any atom is -0.409 e. The van der Waals surface area contributed by atoms with Crippen LogP contribution in [-0.2, 0) is 0 Å². The van der Waals surface area contributed by atoms with Crippen LogP contribution in [0.25, 0.3) is 0 Å². The van der Waals surface area contributed by atoms with E-state index >= 15 is 0 Å². The zero-order valence-corrected chi connectivity index (χ0v) is 8.56. The first-order valence-electron chi connectivity index (χ1n) is 4.44. The number of nitrogens with two attached hydrogens (primary N) is 1. The van der Waals surface area contributed by atoms with Crippen molar-refractivity contribution in [1.82, 2.24) is 5.32 Å². The molecule has 6 nitrogen and oxygen atoms in total. The Kier molecular flexibility index (Phi) is 5.44. The van der Waals surface area contributed by atoms with Crippen LogP contribution in [0.1, 0.15) is 13.8 Å². The van der Waals surface area contributed by atoms with Crippen LogP contribution < -0.4 is 11.1 Å². The number of nitrogens with zero attached hydrogens (tertiary/aromatic N) is 1. The largest absolute Gasteiger partial charge is 0.409 e. The van der Waals surface area contributed by atoms with Gasteiger partial charge in [-0.2, -0.15) is 0 Å². The van der Waals surface area contributed by atoms with Crippen LogP contribution in [0.15, 0.2) is 5.16 Å². The van der Waals surface area contributed by atoms with Crippen LogP contribution in [0, 0.1) is 5.92 Å². The minimum atomic E-state index is -1.13. The zero-order chi connectivity index (χ0) is 11.2. The summed E-state index contributed by atoms with van der Waals surface area (Å²) in [5, 5.41) is 32.3. The summed E-state index contributed by atoms with van der Waals surface area (Å²) in [6.07, 6.45) is 0. The molecule has 0 spiro atoms. The molecular formula is C8H19N3O3. The van der Waals surface area contributed by atoms with E-state index in [1.807, 2.05) is 0 Å². The first-order chi connectivity index (χ1) is 6.43. The predicted molar refractivity (Wildman–Crippen MR) is 53.2 cm³/mol. The lowest BCUT2D eigenvalue weighted by molar-refractivity contribution is 0.00265. The summed E-state index contributed by atoms with van der Waals surface area (Å²) >= 11 is 0. The Hall–Kier alpha value is -0.850. The highest BCUT2D eigenvalue weighted by Crippen LogP contribution is 1.99. The summed E-state index contributed by atoms with van der Waals surface area (Å²) in [4.78, 5) is 0. The first kappa shape index (κ1) is 13.2. The first-order valence-corrected chi connectivity index (χ1v) is 4.44. The van der Waals surface area contributed by atoms with Gasteiger partial charge in [-0.15, -0.1) is 0 Å². The Labute approximate surface area is 83.4 Å². The van der Waals surface area contributed by atoms with E-state index in [0.29, 0.717) is 6.54 Å². The van der Waals surface area contributed by atoms with Crippen molar-refractivity contribution in [2.24, 2.45) is 16.8 Å². The number of oxime groups is 1. The lowest BCUT2D eigenvalue weighted by Gasteiger charge is -2.21. The topological polar surface area (TPSA) is 111 Å². The number of aliphatic hydroxyl groups excluding tert-OH is 1. The molecule has 0 fully saturated rings. The molecular weight excluding hydrogens is 186 g/mol. The fraction of sp³-hybridized carbons (Fsp3) is 0.875. The average Bonchev–Trinajstić information content (AvgIpc) is 2.16. The molecule has 84 valence electrons. The second-order valence-electron chi connectivity index (χ2n) is 3.71. The van der Waals surface area contributed by atoms with E-state index in [9.17, 15) is 5.11 Å². The van der Waals surface area contributed by atoms with Gasteiger partial charge in [0.15, 0.2) is 0 Å². The van der Waals surface area contributed by atoms with Gasteiger partial charge in [0.2, 0.25) is 0 Å². The smallest absolute Gasteiger partial charge is 0.143 e. The van der Waals surface area contributed by atoms with E-state index in [-0.39, 0.29) is 24.9 Å². The standard InChI is InChI=1S/C8H19N3O3/c1-6(7(9)11-14)3-10-4-8(2,13)5-12/h6,10,12-14H,3-5H2,1-2H3,(H2,9,11). The van der Waals surface area contributed by atoms with Gasteiger partial charge in [0.25, 0.3) is 0 Å². The maximum atomic E-state index is 9.41. The van der Waals surface area contributed by atoms with Gasteiger partial charge in [0, 0.05) is 19.0 Å². The lowest BCUT2D eigenvalue weighted by atomic mass is 10.1. The molecule has 6 N–H and O–H groups in total. The number of hydrogen-bond acceptors (Lipinski definition) is 5. The Bertz CT molecular complexity index is 194. The number of aliphatic hydroxyl groups is 2. The van der Waals surface area contributed by atoms with Gasteiger partial charge in [-0.05, 0) is 6.92 Å². The van der Waals surface area contributed by atoms with Gasteiger partial charge < -0.3 is 26.5 Å². The molecule has 0 aromatic carbocycles. The highest BCUT2D eigenvalue weighted by Gasteiger charge is 2.18. The SMILES string of the molecule is CC(CNCC(C)(O)CO)C(N)=NO. The van der Waals surface area contributed by atoms with Crippen LogP contribution in [-0.4, -0.2) is 46.6 Å². The van der Waals surface area contributed by atoms with Crippen LogP contribution in [0.5, 0.6) is 0 Å². The summed E-state index contributed by atoms with van der Waals surface area (Å²) in [5.41, 5.74) is 4.21. The van der Waals surface area contributed by atoms with Crippen LogP contribution in [0.3, 0.4) is 0 Å². The third-order valence-corrected chi connectivity index (χ3v) is 1.92. The Morgan fingerprint density at radius 2 is 2.21 bits per heavy atom. The average molecular weight is 205 g/mol.